The molecule has 6 heteroatoms. The van der Waals surface area contributed by atoms with Crippen molar-refractivity contribution in [1.82, 2.24) is 25.5 Å². The Balaban J connectivity index is 1.52. The van der Waals surface area contributed by atoms with E-state index in [2.05, 4.69) is 25.5 Å². The summed E-state index contributed by atoms with van der Waals surface area (Å²) in [4.78, 5) is 20.6. The lowest BCUT2D eigenvalue weighted by Crippen LogP contribution is -2.30. The number of H-pyrrole nitrogens is 1. The molecule has 0 fully saturated rings. The van der Waals surface area contributed by atoms with Gasteiger partial charge >= 0.3 is 0 Å². The van der Waals surface area contributed by atoms with Crippen molar-refractivity contribution in [2.45, 2.75) is 19.3 Å². The quantitative estimate of drug-likeness (QED) is 0.730. The third kappa shape index (κ3) is 3.84. The molecule has 0 spiro atoms. The molecule has 1 unspecified atom stereocenters. The second-order valence-electron chi connectivity index (χ2n) is 5.51. The van der Waals surface area contributed by atoms with Gasteiger partial charge < -0.3 is 5.32 Å². The Morgan fingerprint density at radius 3 is 2.67 bits per heavy atom. The van der Waals surface area contributed by atoms with Crippen molar-refractivity contribution in [3.05, 3.63) is 66.2 Å². The maximum Gasteiger partial charge on any atom is 0.227 e. The fraction of sp³-hybridized carbons (Fsp3) is 0.222. The van der Waals surface area contributed by atoms with Crippen molar-refractivity contribution in [3.63, 3.8) is 0 Å². The largest absolute Gasteiger partial charge is 0.355 e. The lowest BCUT2D eigenvalue weighted by molar-refractivity contribution is -0.122. The van der Waals surface area contributed by atoms with Gasteiger partial charge in [0.2, 0.25) is 5.91 Å². The molecule has 3 aromatic rings. The van der Waals surface area contributed by atoms with Gasteiger partial charge in [-0.2, -0.15) is 5.10 Å². The molecule has 3 rings (SSSR count). The van der Waals surface area contributed by atoms with Crippen molar-refractivity contribution >= 4 is 5.91 Å². The second-order valence-corrected chi connectivity index (χ2v) is 5.51. The number of pyridine rings is 1. The van der Waals surface area contributed by atoms with Gasteiger partial charge in [-0.3, -0.25) is 14.9 Å². The van der Waals surface area contributed by atoms with E-state index in [1.165, 1.54) is 0 Å². The van der Waals surface area contributed by atoms with Crippen molar-refractivity contribution < 1.29 is 4.79 Å². The molecular formula is C18H19N5O. The first kappa shape index (κ1) is 15.9. The number of rotatable bonds is 6. The molecule has 0 aliphatic heterocycles. The van der Waals surface area contributed by atoms with E-state index in [4.69, 9.17) is 0 Å². The number of nitrogens with one attached hydrogen (secondary N) is 2. The summed E-state index contributed by atoms with van der Waals surface area (Å²) in [5.74, 6) is 1.22. The highest BCUT2D eigenvalue weighted by molar-refractivity contribution is 5.83. The normalized spacial score (nSPS) is 11.9. The van der Waals surface area contributed by atoms with Gasteiger partial charge in [0.25, 0.3) is 0 Å². The van der Waals surface area contributed by atoms with Crippen LogP contribution >= 0.6 is 0 Å². The minimum atomic E-state index is -0.173. The fourth-order valence-electron chi connectivity index (χ4n) is 2.39. The number of carbonyl (C=O) groups excluding carboxylic acids is 1. The van der Waals surface area contributed by atoms with Gasteiger partial charge in [-0.25, -0.2) is 4.98 Å². The Morgan fingerprint density at radius 1 is 1.17 bits per heavy atom. The predicted octanol–water partition coefficient (Wildman–Crippen LogP) is 2.33. The lowest BCUT2D eigenvalue weighted by Gasteiger charge is -2.11. The molecule has 0 radical (unpaired) electrons. The van der Waals surface area contributed by atoms with Crippen LogP contribution in [0.2, 0.25) is 0 Å². The molecule has 0 saturated carbocycles. The summed E-state index contributed by atoms with van der Waals surface area (Å²) < 4.78 is 0. The molecule has 2 heterocycles. The Kier molecular flexibility index (Phi) is 4.96. The van der Waals surface area contributed by atoms with Crippen LogP contribution in [0.4, 0.5) is 0 Å². The number of amides is 1. The molecular weight excluding hydrogens is 302 g/mol. The average Bonchev–Trinajstić information content (AvgIpc) is 3.11. The van der Waals surface area contributed by atoms with E-state index in [-0.39, 0.29) is 11.8 Å². The summed E-state index contributed by atoms with van der Waals surface area (Å²) in [6.07, 6.45) is 4.01. The zero-order valence-corrected chi connectivity index (χ0v) is 13.4. The van der Waals surface area contributed by atoms with E-state index in [9.17, 15) is 4.79 Å². The number of nitrogens with zero attached hydrogens (tertiary/aromatic N) is 3. The van der Waals surface area contributed by atoms with Crippen molar-refractivity contribution in [1.29, 1.82) is 0 Å². The number of benzene rings is 1. The summed E-state index contributed by atoms with van der Waals surface area (Å²) >= 11 is 0. The zero-order valence-electron chi connectivity index (χ0n) is 13.4. The van der Waals surface area contributed by atoms with E-state index >= 15 is 0 Å². The maximum absolute atomic E-state index is 12.2. The summed E-state index contributed by atoms with van der Waals surface area (Å²) in [7, 11) is 0. The number of hydrogen-bond acceptors (Lipinski definition) is 4. The van der Waals surface area contributed by atoms with Gasteiger partial charge in [0, 0.05) is 30.9 Å². The molecule has 6 nitrogen and oxygen atoms in total. The summed E-state index contributed by atoms with van der Waals surface area (Å²) in [6.45, 7) is 2.42. The zero-order chi connectivity index (χ0) is 16.8. The van der Waals surface area contributed by atoms with Crippen LogP contribution in [-0.4, -0.2) is 32.6 Å². The molecule has 0 aliphatic rings. The van der Waals surface area contributed by atoms with Crippen LogP contribution < -0.4 is 5.32 Å². The topological polar surface area (TPSA) is 83.6 Å². The third-order valence-electron chi connectivity index (χ3n) is 3.82. The Morgan fingerprint density at radius 2 is 1.92 bits per heavy atom. The van der Waals surface area contributed by atoms with Crippen LogP contribution in [0.25, 0.3) is 11.4 Å². The lowest BCUT2D eigenvalue weighted by atomic mass is 10.0. The maximum atomic E-state index is 12.2. The fourth-order valence-corrected chi connectivity index (χ4v) is 2.39. The van der Waals surface area contributed by atoms with Crippen molar-refractivity contribution in [2.24, 2.45) is 0 Å². The molecule has 1 amide bonds. The molecule has 1 aromatic carbocycles. The third-order valence-corrected chi connectivity index (χ3v) is 3.82. The summed E-state index contributed by atoms with van der Waals surface area (Å²) in [6, 6.07) is 13.5. The molecule has 2 aromatic heterocycles. The van der Waals surface area contributed by atoms with Crippen LogP contribution in [-0.2, 0) is 11.2 Å². The average molecular weight is 321 g/mol. The number of aromatic amines is 1. The number of aromatic nitrogens is 4. The number of hydrogen-bond donors (Lipinski definition) is 2. The van der Waals surface area contributed by atoms with Gasteiger partial charge in [0.15, 0.2) is 5.82 Å². The second kappa shape index (κ2) is 7.50. The Bertz CT molecular complexity index is 785. The van der Waals surface area contributed by atoms with Gasteiger partial charge in [0.1, 0.15) is 5.82 Å². The van der Waals surface area contributed by atoms with Crippen LogP contribution in [0.5, 0.6) is 0 Å². The first-order valence-corrected chi connectivity index (χ1v) is 7.88. The first-order chi connectivity index (χ1) is 11.7. The van der Waals surface area contributed by atoms with Gasteiger partial charge in [0.05, 0.1) is 5.92 Å². The summed E-state index contributed by atoms with van der Waals surface area (Å²) in [5, 5.41) is 10.0. The van der Waals surface area contributed by atoms with E-state index in [0.717, 1.165) is 17.0 Å². The number of carbonyl (C=O) groups is 1. The molecule has 0 bridgehead atoms. The van der Waals surface area contributed by atoms with Crippen molar-refractivity contribution in [2.75, 3.05) is 6.54 Å². The molecule has 0 aliphatic carbocycles. The standard InChI is InChI=1S/C18H19N5O/c1-13(14-5-3-2-4-6-14)18(24)20-12-9-16-21-17(23-22-16)15-7-10-19-11-8-15/h2-8,10-11,13H,9,12H2,1H3,(H,20,24)(H,21,22,23). The Hall–Kier alpha value is -3.02. The van der Waals surface area contributed by atoms with Crippen LogP contribution in [0, 0.1) is 0 Å². The van der Waals surface area contributed by atoms with E-state index < -0.39 is 0 Å². The monoisotopic (exact) mass is 321 g/mol. The SMILES string of the molecule is CC(C(=O)NCCc1nc(-c2ccncc2)n[nH]1)c1ccccc1. The summed E-state index contributed by atoms with van der Waals surface area (Å²) in [5.41, 5.74) is 1.92. The van der Waals surface area contributed by atoms with Gasteiger partial charge in [-0.15, -0.1) is 0 Å². The van der Waals surface area contributed by atoms with Crippen LogP contribution in [0.1, 0.15) is 24.2 Å². The molecule has 0 saturated heterocycles. The Labute approximate surface area is 140 Å². The first-order valence-electron chi connectivity index (χ1n) is 7.88. The van der Waals surface area contributed by atoms with E-state index in [0.29, 0.717) is 18.8 Å². The van der Waals surface area contributed by atoms with Crippen LogP contribution in [0.15, 0.2) is 54.9 Å². The minimum absolute atomic E-state index is 0.00933. The smallest absolute Gasteiger partial charge is 0.227 e. The highest BCUT2D eigenvalue weighted by atomic mass is 16.1. The van der Waals surface area contributed by atoms with Gasteiger partial charge in [-0.05, 0) is 24.6 Å². The molecule has 2 N–H and O–H groups in total. The van der Waals surface area contributed by atoms with Crippen LogP contribution in [0.3, 0.4) is 0 Å². The predicted molar refractivity (Wildman–Crippen MR) is 91.2 cm³/mol. The molecule has 24 heavy (non-hydrogen) atoms. The molecule has 1 atom stereocenters. The van der Waals surface area contributed by atoms with E-state index in [1.807, 2.05) is 49.4 Å². The highest BCUT2D eigenvalue weighted by Gasteiger charge is 2.14. The van der Waals surface area contributed by atoms with Crippen molar-refractivity contribution in [3.8, 4) is 11.4 Å². The minimum Gasteiger partial charge on any atom is -0.355 e. The van der Waals surface area contributed by atoms with E-state index in [1.54, 1.807) is 12.4 Å². The van der Waals surface area contributed by atoms with Gasteiger partial charge in [-0.1, -0.05) is 30.3 Å². The molecule has 122 valence electrons. The highest BCUT2D eigenvalue weighted by Crippen LogP contribution is 2.14.